The number of benzene rings is 1. The van der Waals surface area contributed by atoms with Crippen LogP contribution in [0.25, 0.3) is 0 Å². The average molecular weight is 797 g/mol. The first kappa shape index (κ1) is 42.0. The van der Waals surface area contributed by atoms with Crippen molar-refractivity contribution >= 4 is 17.8 Å². The van der Waals surface area contributed by atoms with Crippen LogP contribution in [-0.2, 0) is 25.5 Å². The highest BCUT2D eigenvalue weighted by Gasteiger charge is 2.71. The van der Waals surface area contributed by atoms with Gasteiger partial charge in [-0.15, -0.1) is 0 Å². The third kappa shape index (κ3) is 6.55. The van der Waals surface area contributed by atoms with Gasteiger partial charge >= 0.3 is 11.9 Å². The zero-order valence-electron chi connectivity index (χ0n) is 37.5. The fraction of sp³-hybridized carbons (Fsp3) is 0.784. The lowest BCUT2D eigenvalue weighted by Gasteiger charge is -2.73. The number of aryl methyl sites for hydroxylation is 1. The maximum absolute atomic E-state index is 14.6. The van der Waals surface area contributed by atoms with Crippen LogP contribution < -0.4 is 0 Å². The Morgan fingerprint density at radius 3 is 2.28 bits per heavy atom. The first-order chi connectivity index (χ1) is 27.3. The molecule has 7 heteroatoms. The van der Waals surface area contributed by atoms with E-state index < -0.39 is 11.4 Å². The van der Waals surface area contributed by atoms with Gasteiger partial charge in [0, 0.05) is 44.1 Å². The number of carbonyl (C=O) groups is 3. The lowest BCUT2D eigenvalue weighted by atomic mass is 9.32. The predicted octanol–water partition coefficient (Wildman–Crippen LogP) is 10.7. The van der Waals surface area contributed by atoms with E-state index in [9.17, 15) is 19.5 Å². The highest BCUT2D eigenvalue weighted by Crippen LogP contribution is 2.78. The van der Waals surface area contributed by atoms with Crippen LogP contribution in [0, 0.1) is 62.1 Å². The van der Waals surface area contributed by atoms with E-state index in [0.717, 1.165) is 58.3 Å². The van der Waals surface area contributed by atoms with Crippen LogP contribution in [0.5, 0.6) is 0 Å². The summed E-state index contributed by atoms with van der Waals surface area (Å²) >= 11 is 0. The van der Waals surface area contributed by atoms with Gasteiger partial charge < -0.3 is 14.7 Å². The number of aliphatic carboxylic acids is 1. The number of carbonyl (C=O) groups excluding carboxylic acids is 2. The molecule has 6 aliphatic carbocycles. The summed E-state index contributed by atoms with van der Waals surface area (Å²) in [5.74, 6) is 1.66. The zero-order valence-corrected chi connectivity index (χ0v) is 37.5. The molecule has 1 aliphatic heterocycles. The topological polar surface area (TPSA) is 87.2 Å². The van der Waals surface area contributed by atoms with Crippen molar-refractivity contribution in [3.05, 3.63) is 47.5 Å². The fourth-order valence-electron chi connectivity index (χ4n) is 16.2. The molecule has 1 heterocycles. The van der Waals surface area contributed by atoms with Crippen LogP contribution in [0.15, 0.2) is 36.4 Å². The molecule has 1 unspecified atom stereocenters. The Kier molecular flexibility index (Phi) is 10.7. The van der Waals surface area contributed by atoms with Crippen molar-refractivity contribution in [1.29, 1.82) is 0 Å². The number of rotatable bonds is 8. The Labute approximate surface area is 350 Å². The Bertz CT molecular complexity index is 1790. The molecule has 11 atom stereocenters. The number of carboxylic acid groups (broad SMARTS) is 1. The minimum atomic E-state index is -1.14. The SMILES string of the molecule is C=C(C)[C@@H]1CC[C@]2(CC(=O)N3CCN(C4CCCc5ccccc54)CC3)CC[C@]3(C)[C@H](CC[C@@H]4[C@@]5(C)CC[C@H](OC(=O)CC(C)(C)C(=O)O)C(C)(C)[C@@H]5CC[C@]43C)[C@@H]12. The second-order valence-electron chi connectivity index (χ2n) is 23.0. The van der Waals surface area contributed by atoms with E-state index in [-0.39, 0.29) is 45.6 Å². The number of fused-ring (bicyclic) bond motifs is 8. The Morgan fingerprint density at radius 2 is 1.57 bits per heavy atom. The number of amides is 1. The second-order valence-corrected chi connectivity index (χ2v) is 23.0. The van der Waals surface area contributed by atoms with Crippen molar-refractivity contribution in [2.75, 3.05) is 26.2 Å². The molecule has 0 bridgehead atoms. The molecule has 7 aliphatic rings. The summed E-state index contributed by atoms with van der Waals surface area (Å²) in [5.41, 5.74) is 3.61. The molecule has 320 valence electrons. The number of hydrogen-bond donors (Lipinski definition) is 1. The van der Waals surface area contributed by atoms with Gasteiger partial charge in [-0.3, -0.25) is 19.3 Å². The summed E-state index contributed by atoms with van der Waals surface area (Å²) in [6.07, 6.45) is 15.4. The fourth-order valence-corrected chi connectivity index (χ4v) is 16.2. The van der Waals surface area contributed by atoms with Crippen molar-refractivity contribution in [2.24, 2.45) is 62.1 Å². The lowest BCUT2D eigenvalue weighted by molar-refractivity contribution is -0.250. The number of esters is 1. The number of carboxylic acids is 1. The van der Waals surface area contributed by atoms with Gasteiger partial charge in [-0.1, -0.05) is 71.0 Å². The normalized spacial score (nSPS) is 40.9. The number of hydrogen-bond acceptors (Lipinski definition) is 5. The van der Waals surface area contributed by atoms with E-state index in [2.05, 4.69) is 82.2 Å². The molecule has 6 fully saturated rings. The average Bonchev–Trinajstić information content (AvgIpc) is 3.55. The Hall–Kier alpha value is -2.67. The summed E-state index contributed by atoms with van der Waals surface area (Å²) in [7, 11) is 0. The van der Waals surface area contributed by atoms with Gasteiger partial charge in [0.25, 0.3) is 0 Å². The van der Waals surface area contributed by atoms with E-state index in [1.165, 1.54) is 68.1 Å². The smallest absolute Gasteiger partial charge is 0.309 e. The monoisotopic (exact) mass is 797 g/mol. The highest BCUT2D eigenvalue weighted by molar-refractivity contribution is 5.81. The molecule has 7 nitrogen and oxygen atoms in total. The Morgan fingerprint density at radius 1 is 0.845 bits per heavy atom. The lowest BCUT2D eigenvalue weighted by Crippen LogP contribution is -2.67. The summed E-state index contributed by atoms with van der Waals surface area (Å²) in [5, 5.41) is 9.66. The molecule has 1 saturated heterocycles. The molecule has 58 heavy (non-hydrogen) atoms. The molecule has 1 N–H and O–H groups in total. The molecule has 0 aromatic heterocycles. The third-order valence-corrected chi connectivity index (χ3v) is 19.6. The second kappa shape index (κ2) is 14.8. The van der Waals surface area contributed by atoms with Crippen molar-refractivity contribution < 1.29 is 24.2 Å². The highest BCUT2D eigenvalue weighted by atomic mass is 16.5. The largest absolute Gasteiger partial charge is 0.481 e. The summed E-state index contributed by atoms with van der Waals surface area (Å²) in [6.45, 7) is 26.3. The van der Waals surface area contributed by atoms with Gasteiger partial charge in [-0.25, -0.2) is 0 Å². The molecular formula is C51H76N2O5. The van der Waals surface area contributed by atoms with Crippen molar-refractivity contribution in [1.82, 2.24) is 9.80 Å². The molecule has 8 rings (SSSR count). The third-order valence-electron chi connectivity index (χ3n) is 19.6. The number of piperazine rings is 1. The van der Waals surface area contributed by atoms with Gasteiger partial charge in [0.15, 0.2) is 0 Å². The van der Waals surface area contributed by atoms with E-state index in [1.54, 1.807) is 13.8 Å². The molecule has 1 aromatic rings. The van der Waals surface area contributed by atoms with Crippen LogP contribution in [0.2, 0.25) is 0 Å². The molecule has 0 radical (unpaired) electrons. The van der Waals surface area contributed by atoms with Crippen LogP contribution in [0.3, 0.4) is 0 Å². The van der Waals surface area contributed by atoms with Gasteiger partial charge in [0.2, 0.25) is 5.91 Å². The molecule has 5 saturated carbocycles. The molecule has 1 aromatic carbocycles. The number of allylic oxidation sites excluding steroid dienone is 1. The summed E-state index contributed by atoms with van der Waals surface area (Å²) in [6, 6.07) is 9.52. The molecule has 1 amide bonds. The predicted molar refractivity (Wildman–Crippen MR) is 230 cm³/mol. The quantitative estimate of drug-likeness (QED) is 0.208. The molecule has 0 spiro atoms. The summed E-state index contributed by atoms with van der Waals surface area (Å²) in [4.78, 5) is 44.4. The van der Waals surface area contributed by atoms with E-state index in [1.807, 2.05) is 0 Å². The van der Waals surface area contributed by atoms with E-state index >= 15 is 0 Å². The minimum absolute atomic E-state index is 0.0632. The van der Waals surface area contributed by atoms with Gasteiger partial charge in [0.05, 0.1) is 11.8 Å². The van der Waals surface area contributed by atoms with Gasteiger partial charge in [-0.05, 0) is 167 Å². The maximum Gasteiger partial charge on any atom is 0.309 e. The van der Waals surface area contributed by atoms with E-state index in [4.69, 9.17) is 4.74 Å². The van der Waals surface area contributed by atoms with Crippen molar-refractivity contribution in [3.8, 4) is 0 Å². The van der Waals surface area contributed by atoms with Gasteiger partial charge in [-0.2, -0.15) is 0 Å². The summed E-state index contributed by atoms with van der Waals surface area (Å²) < 4.78 is 6.22. The van der Waals surface area contributed by atoms with Crippen LogP contribution in [0.1, 0.15) is 162 Å². The van der Waals surface area contributed by atoms with Crippen molar-refractivity contribution in [3.63, 3.8) is 0 Å². The standard InChI is InChI=1S/C51H76N2O5/c1-33(2)35-19-24-51(31-42(54)53-29-27-52(28-30-53)38-16-12-14-34-13-10-11-15-36(34)38)26-25-49(8)37(44(35)51)17-18-40-48(7)22-21-41(58-43(55)32-46(3,4)45(56)57)47(5,6)39(48)20-23-50(40,49)9/h10-11,13,15,35,37-41,44H,1,12,14,16-32H2,2-9H3,(H,56,57)/t35-,37+,38?,39-,40+,41-,44+,48-,49+,50+,51+/m0/s1. The Balaban J connectivity index is 0.981. The molecular weight excluding hydrogens is 721 g/mol. The van der Waals surface area contributed by atoms with Gasteiger partial charge in [0.1, 0.15) is 6.10 Å². The maximum atomic E-state index is 14.6. The van der Waals surface area contributed by atoms with E-state index in [0.29, 0.717) is 48.0 Å². The van der Waals surface area contributed by atoms with Crippen LogP contribution in [0.4, 0.5) is 0 Å². The van der Waals surface area contributed by atoms with Crippen LogP contribution in [-0.4, -0.2) is 65.0 Å². The zero-order chi connectivity index (χ0) is 41.6. The van der Waals surface area contributed by atoms with Crippen LogP contribution >= 0.6 is 0 Å². The number of nitrogens with zero attached hydrogens (tertiary/aromatic N) is 2. The first-order valence-electron chi connectivity index (χ1n) is 23.5. The number of ether oxygens (including phenoxy) is 1. The minimum Gasteiger partial charge on any atom is -0.481 e. The van der Waals surface area contributed by atoms with Crippen molar-refractivity contribution in [2.45, 2.75) is 164 Å². The first-order valence-corrected chi connectivity index (χ1v) is 23.5.